The molecule has 1 saturated carbocycles. The van der Waals surface area contributed by atoms with Crippen molar-refractivity contribution in [2.75, 3.05) is 4.90 Å². The topological polar surface area (TPSA) is 74.8 Å². The van der Waals surface area contributed by atoms with E-state index in [0.717, 1.165) is 36.8 Å². The Hall–Kier alpha value is -5.10. The SMILES string of the molecule is CCCC(C)(C)c1ccc(C2(c3ccc(N4C(=O)C5C6C=CC(C5C4=O)C4C(=O)N(C(C)(CC)CCC)C(=O)C64)cc3)c3ccccc3-c3ccccc32)cc1. The number of carbonyl (C=O) groups is 4. The zero-order chi connectivity index (χ0) is 39.3. The molecule has 6 nitrogen and oxygen atoms in total. The summed E-state index contributed by atoms with van der Waals surface area (Å²) in [5.41, 5.74) is 7.68. The number of carbonyl (C=O) groups excluding carboxylic acids is 4. The summed E-state index contributed by atoms with van der Waals surface area (Å²) in [6, 6.07) is 34.4. The lowest BCUT2D eigenvalue weighted by molar-refractivity contribution is -0.147. The number of benzene rings is 4. The van der Waals surface area contributed by atoms with E-state index in [1.165, 1.54) is 37.6 Å². The Morgan fingerprint density at radius 1 is 0.554 bits per heavy atom. The Kier molecular flexibility index (Phi) is 8.46. The Labute approximate surface area is 331 Å². The largest absolute Gasteiger partial charge is 0.276 e. The van der Waals surface area contributed by atoms with Crippen LogP contribution in [0.5, 0.6) is 0 Å². The quantitative estimate of drug-likeness (QED) is 0.106. The first kappa shape index (κ1) is 36.5. The number of hydrogen-bond donors (Lipinski definition) is 0. The highest BCUT2D eigenvalue weighted by atomic mass is 16.2. The maximum atomic E-state index is 14.5. The lowest BCUT2D eigenvalue weighted by atomic mass is 9.54. The molecular weight excluding hydrogens is 693 g/mol. The number of likely N-dealkylation sites (tertiary alicyclic amines) is 1. The second-order valence-corrected chi connectivity index (χ2v) is 17.9. The van der Waals surface area contributed by atoms with Crippen molar-refractivity contribution < 1.29 is 19.2 Å². The van der Waals surface area contributed by atoms with Gasteiger partial charge in [-0.15, -0.1) is 0 Å². The number of amides is 4. The molecule has 0 aromatic heterocycles. The third-order valence-corrected chi connectivity index (χ3v) is 14.6. The summed E-state index contributed by atoms with van der Waals surface area (Å²) in [7, 11) is 0. The molecule has 4 amide bonds. The predicted octanol–water partition coefficient (Wildman–Crippen LogP) is 9.62. The van der Waals surface area contributed by atoms with Gasteiger partial charge in [-0.05, 0) is 82.7 Å². The summed E-state index contributed by atoms with van der Waals surface area (Å²) in [6.45, 7) is 12.9. The maximum Gasteiger partial charge on any atom is 0.238 e. The van der Waals surface area contributed by atoms with Crippen molar-refractivity contribution >= 4 is 29.3 Å². The van der Waals surface area contributed by atoms with Crippen LogP contribution in [0.2, 0.25) is 0 Å². The van der Waals surface area contributed by atoms with E-state index in [4.69, 9.17) is 0 Å². The van der Waals surface area contributed by atoms with Crippen LogP contribution in [0.25, 0.3) is 11.1 Å². The molecule has 0 spiro atoms. The van der Waals surface area contributed by atoms with E-state index in [9.17, 15) is 19.2 Å². The van der Waals surface area contributed by atoms with Gasteiger partial charge >= 0.3 is 0 Å². The third-order valence-electron chi connectivity index (χ3n) is 14.6. The van der Waals surface area contributed by atoms with Gasteiger partial charge in [0.1, 0.15) is 0 Å². The minimum Gasteiger partial charge on any atom is -0.276 e. The van der Waals surface area contributed by atoms with Gasteiger partial charge in [-0.25, -0.2) is 0 Å². The number of hydrogen-bond acceptors (Lipinski definition) is 4. The van der Waals surface area contributed by atoms with Crippen molar-refractivity contribution in [1.82, 2.24) is 4.90 Å². The van der Waals surface area contributed by atoms with Crippen LogP contribution in [0.3, 0.4) is 0 Å². The van der Waals surface area contributed by atoms with Crippen LogP contribution in [0.1, 0.15) is 101 Å². The molecule has 6 heteroatoms. The summed E-state index contributed by atoms with van der Waals surface area (Å²) < 4.78 is 0. The van der Waals surface area contributed by atoms with E-state index >= 15 is 0 Å². The maximum absolute atomic E-state index is 14.5. The smallest absolute Gasteiger partial charge is 0.238 e. The molecule has 2 aliphatic heterocycles. The molecule has 3 fully saturated rings. The van der Waals surface area contributed by atoms with E-state index in [1.54, 1.807) is 0 Å². The van der Waals surface area contributed by atoms with Gasteiger partial charge in [0.2, 0.25) is 23.6 Å². The summed E-state index contributed by atoms with van der Waals surface area (Å²) in [4.78, 5) is 60.3. The molecule has 2 heterocycles. The third kappa shape index (κ3) is 4.80. The first-order valence-electron chi connectivity index (χ1n) is 20.8. The van der Waals surface area contributed by atoms with Crippen molar-refractivity contribution in [3.8, 4) is 11.1 Å². The number of fused-ring (bicyclic) bond motifs is 3. The molecule has 2 saturated heterocycles. The molecule has 4 aliphatic carbocycles. The lowest BCUT2D eigenvalue weighted by Crippen LogP contribution is -2.50. The average molecular weight is 745 g/mol. The van der Waals surface area contributed by atoms with Crippen LogP contribution < -0.4 is 4.90 Å². The average Bonchev–Trinajstić information content (AvgIpc) is 3.78. The molecule has 0 radical (unpaired) electrons. The van der Waals surface area contributed by atoms with Crippen molar-refractivity contribution in [2.24, 2.45) is 35.5 Å². The minimum absolute atomic E-state index is 0.0539. The molecule has 56 heavy (non-hydrogen) atoms. The van der Waals surface area contributed by atoms with Gasteiger partial charge < -0.3 is 0 Å². The van der Waals surface area contributed by atoms with Crippen molar-refractivity contribution in [1.29, 1.82) is 0 Å². The van der Waals surface area contributed by atoms with Gasteiger partial charge in [-0.2, -0.15) is 0 Å². The fourth-order valence-corrected chi connectivity index (χ4v) is 11.8. The van der Waals surface area contributed by atoms with Crippen LogP contribution in [-0.2, 0) is 30.0 Å². The van der Waals surface area contributed by atoms with Gasteiger partial charge in [0.15, 0.2) is 0 Å². The summed E-state index contributed by atoms with van der Waals surface area (Å²) in [5.74, 6) is -4.41. The summed E-state index contributed by atoms with van der Waals surface area (Å²) >= 11 is 0. The number of nitrogens with zero attached hydrogens (tertiary/aromatic N) is 2. The molecule has 2 bridgehead atoms. The zero-order valence-electron chi connectivity index (χ0n) is 33.4. The Morgan fingerprint density at radius 2 is 1.00 bits per heavy atom. The normalized spacial score (nSPS) is 26.7. The van der Waals surface area contributed by atoms with Gasteiger partial charge in [0.05, 0.1) is 34.8 Å². The predicted molar refractivity (Wildman–Crippen MR) is 220 cm³/mol. The van der Waals surface area contributed by atoms with E-state index in [-0.39, 0.29) is 29.0 Å². The molecule has 10 rings (SSSR count). The second-order valence-electron chi connectivity index (χ2n) is 17.9. The molecule has 0 N–H and O–H groups in total. The first-order chi connectivity index (χ1) is 26.9. The molecule has 7 atom stereocenters. The van der Waals surface area contributed by atoms with E-state index in [1.807, 2.05) is 38.1 Å². The van der Waals surface area contributed by atoms with Crippen LogP contribution in [-0.4, -0.2) is 34.1 Å². The molecule has 7 unspecified atom stereocenters. The van der Waals surface area contributed by atoms with Gasteiger partial charge in [-0.3, -0.25) is 29.0 Å². The minimum atomic E-state index is -0.662. The lowest BCUT2D eigenvalue weighted by Gasteiger charge is -2.44. The van der Waals surface area contributed by atoms with E-state index in [0.29, 0.717) is 12.1 Å². The molecular formula is C50H52N2O4. The van der Waals surface area contributed by atoms with Crippen molar-refractivity contribution in [3.05, 3.63) is 137 Å². The Bertz CT molecular complexity index is 2210. The molecule has 6 aliphatic rings. The van der Waals surface area contributed by atoms with Crippen LogP contribution in [0.15, 0.2) is 109 Å². The number of allylic oxidation sites excluding steroid dienone is 2. The number of anilines is 1. The van der Waals surface area contributed by atoms with E-state index < -0.39 is 46.5 Å². The van der Waals surface area contributed by atoms with Gasteiger partial charge in [0.25, 0.3) is 0 Å². The first-order valence-corrected chi connectivity index (χ1v) is 20.8. The van der Waals surface area contributed by atoms with Crippen molar-refractivity contribution in [2.45, 2.75) is 90.0 Å². The van der Waals surface area contributed by atoms with Crippen LogP contribution in [0.4, 0.5) is 5.69 Å². The van der Waals surface area contributed by atoms with E-state index in [2.05, 4.69) is 113 Å². The number of imide groups is 2. The highest BCUT2D eigenvalue weighted by Crippen LogP contribution is 2.60. The summed E-state index contributed by atoms with van der Waals surface area (Å²) in [5, 5.41) is 0. The zero-order valence-corrected chi connectivity index (χ0v) is 33.4. The number of rotatable bonds is 10. The molecule has 4 aromatic carbocycles. The summed E-state index contributed by atoms with van der Waals surface area (Å²) in [6.07, 6.45) is 8.35. The molecule has 286 valence electrons. The van der Waals surface area contributed by atoms with Crippen molar-refractivity contribution in [3.63, 3.8) is 0 Å². The fourth-order valence-electron chi connectivity index (χ4n) is 11.8. The highest BCUT2D eigenvalue weighted by molar-refractivity contribution is 6.23. The molecule has 4 aromatic rings. The standard InChI is InChI=1S/C50H52N2O4/c1-7-28-48(4,5)30-18-20-31(21-19-30)50(38-16-12-10-14-34(38)35-15-11-13-17-39(35)50)32-22-24-33(25-23-32)51-44(53)40-36-26-27-37(41(40)45(51)54)43-42(36)46(55)52(47(43)56)49(6,9-3)29-8-2/h10-27,36-37,40-43H,7-9,28-29H2,1-6H3. The Balaban J connectivity index is 1.10. The second kappa shape index (κ2) is 13.0. The van der Waals surface area contributed by atoms with Gasteiger partial charge in [-0.1, -0.05) is 145 Å². The highest BCUT2D eigenvalue weighted by Gasteiger charge is 2.70. The van der Waals surface area contributed by atoms with Crippen LogP contribution >= 0.6 is 0 Å². The fraction of sp³-hybridized carbons (Fsp3) is 0.400. The van der Waals surface area contributed by atoms with Gasteiger partial charge in [0, 0.05) is 17.4 Å². The van der Waals surface area contributed by atoms with Crippen LogP contribution in [0, 0.1) is 35.5 Å². The monoisotopic (exact) mass is 744 g/mol. The Morgan fingerprint density at radius 3 is 1.46 bits per heavy atom.